The van der Waals surface area contributed by atoms with Crippen LogP contribution in [0.2, 0.25) is 0 Å². The zero-order valence-corrected chi connectivity index (χ0v) is 10.2. The number of nitrogens with zero attached hydrogens (tertiary/aromatic N) is 2. The molecule has 2 heterocycles. The molecule has 3 rings (SSSR count). The molecule has 0 N–H and O–H groups in total. The molecule has 3 heteroatoms. The molecule has 90 valence electrons. The molecule has 0 bridgehead atoms. The van der Waals surface area contributed by atoms with Crippen LogP contribution >= 0.6 is 0 Å². The van der Waals surface area contributed by atoms with Gasteiger partial charge in [-0.1, -0.05) is 19.1 Å². The van der Waals surface area contributed by atoms with Gasteiger partial charge in [0, 0.05) is 25.7 Å². The summed E-state index contributed by atoms with van der Waals surface area (Å²) in [5.74, 6) is 1.21. The lowest BCUT2D eigenvalue weighted by atomic mass is 10.1. The molecule has 0 spiro atoms. The van der Waals surface area contributed by atoms with Gasteiger partial charge in [-0.2, -0.15) is 0 Å². The van der Waals surface area contributed by atoms with Gasteiger partial charge in [-0.05, 0) is 25.0 Å². The summed E-state index contributed by atoms with van der Waals surface area (Å²) in [6.45, 7) is 3.93. The Kier molecular flexibility index (Phi) is 2.85. The van der Waals surface area contributed by atoms with Crippen molar-refractivity contribution >= 4 is 11.0 Å². The molecule has 1 saturated heterocycles. The van der Waals surface area contributed by atoms with Crippen molar-refractivity contribution in [2.24, 2.45) is 0 Å². The van der Waals surface area contributed by atoms with Gasteiger partial charge in [-0.15, -0.1) is 0 Å². The number of fused-ring (bicyclic) bond motifs is 1. The van der Waals surface area contributed by atoms with E-state index in [2.05, 4.69) is 35.8 Å². The zero-order chi connectivity index (χ0) is 11.7. The summed E-state index contributed by atoms with van der Waals surface area (Å²) < 4.78 is 7.88. The maximum Gasteiger partial charge on any atom is 0.109 e. The SMILES string of the molecule is CCc1nc2ccccc2n1C1CCOCC1. The Hall–Kier alpha value is -1.35. The van der Waals surface area contributed by atoms with Crippen LogP contribution in [0.15, 0.2) is 24.3 Å². The maximum absolute atomic E-state index is 5.45. The highest BCUT2D eigenvalue weighted by atomic mass is 16.5. The van der Waals surface area contributed by atoms with Crippen LogP contribution < -0.4 is 0 Å². The predicted octanol–water partition coefficient (Wildman–Crippen LogP) is 2.95. The van der Waals surface area contributed by atoms with Crippen molar-refractivity contribution < 1.29 is 4.74 Å². The van der Waals surface area contributed by atoms with Crippen molar-refractivity contribution in [2.45, 2.75) is 32.2 Å². The molecule has 0 aliphatic carbocycles. The molecule has 0 radical (unpaired) electrons. The highest BCUT2D eigenvalue weighted by molar-refractivity contribution is 5.76. The minimum atomic E-state index is 0.561. The Morgan fingerprint density at radius 2 is 2.06 bits per heavy atom. The van der Waals surface area contributed by atoms with Gasteiger partial charge in [0.1, 0.15) is 5.82 Å². The third-order valence-corrected chi connectivity index (χ3v) is 3.54. The molecule has 1 aliphatic heterocycles. The van der Waals surface area contributed by atoms with Crippen LogP contribution in [0, 0.1) is 0 Å². The van der Waals surface area contributed by atoms with Gasteiger partial charge in [-0.3, -0.25) is 0 Å². The summed E-state index contributed by atoms with van der Waals surface area (Å²) in [5, 5.41) is 0. The van der Waals surface area contributed by atoms with Gasteiger partial charge in [-0.25, -0.2) is 4.98 Å². The highest BCUT2D eigenvalue weighted by Crippen LogP contribution is 2.28. The molecule has 1 aromatic heterocycles. The van der Waals surface area contributed by atoms with E-state index < -0.39 is 0 Å². The fourth-order valence-corrected chi connectivity index (χ4v) is 2.69. The molecule has 0 amide bonds. The number of para-hydroxylation sites is 2. The minimum absolute atomic E-state index is 0.561. The second kappa shape index (κ2) is 4.49. The van der Waals surface area contributed by atoms with E-state index in [-0.39, 0.29) is 0 Å². The van der Waals surface area contributed by atoms with E-state index in [1.165, 1.54) is 11.3 Å². The second-order valence-corrected chi connectivity index (χ2v) is 4.58. The number of benzene rings is 1. The van der Waals surface area contributed by atoms with Crippen LogP contribution in [0.4, 0.5) is 0 Å². The summed E-state index contributed by atoms with van der Waals surface area (Å²) in [6.07, 6.45) is 3.20. The largest absolute Gasteiger partial charge is 0.381 e. The van der Waals surface area contributed by atoms with Gasteiger partial charge in [0.25, 0.3) is 0 Å². The molecule has 1 fully saturated rings. The van der Waals surface area contributed by atoms with Crippen molar-refractivity contribution in [1.29, 1.82) is 0 Å². The van der Waals surface area contributed by atoms with Crippen LogP contribution in [-0.4, -0.2) is 22.8 Å². The van der Waals surface area contributed by atoms with Gasteiger partial charge in [0.15, 0.2) is 0 Å². The Labute approximate surface area is 101 Å². The normalized spacial score (nSPS) is 17.7. The number of hydrogen-bond donors (Lipinski definition) is 0. The van der Waals surface area contributed by atoms with Gasteiger partial charge < -0.3 is 9.30 Å². The first-order valence-corrected chi connectivity index (χ1v) is 6.43. The average Bonchev–Trinajstić information content (AvgIpc) is 2.78. The molecule has 1 aliphatic rings. The monoisotopic (exact) mass is 230 g/mol. The highest BCUT2D eigenvalue weighted by Gasteiger charge is 2.20. The fraction of sp³-hybridized carbons (Fsp3) is 0.500. The number of rotatable bonds is 2. The van der Waals surface area contributed by atoms with Crippen molar-refractivity contribution in [2.75, 3.05) is 13.2 Å². The molecule has 1 aromatic carbocycles. The smallest absolute Gasteiger partial charge is 0.109 e. The lowest BCUT2D eigenvalue weighted by molar-refractivity contribution is 0.0699. The third-order valence-electron chi connectivity index (χ3n) is 3.54. The summed E-state index contributed by atoms with van der Waals surface area (Å²) >= 11 is 0. The number of aryl methyl sites for hydroxylation is 1. The number of hydrogen-bond acceptors (Lipinski definition) is 2. The topological polar surface area (TPSA) is 27.1 Å². The van der Waals surface area contributed by atoms with Crippen LogP contribution in [-0.2, 0) is 11.2 Å². The molecular formula is C14H18N2O. The van der Waals surface area contributed by atoms with E-state index >= 15 is 0 Å². The maximum atomic E-state index is 5.45. The van der Waals surface area contributed by atoms with Crippen LogP contribution in [0.25, 0.3) is 11.0 Å². The van der Waals surface area contributed by atoms with Crippen molar-refractivity contribution in [3.63, 3.8) is 0 Å². The van der Waals surface area contributed by atoms with E-state index in [1.54, 1.807) is 0 Å². The number of imidazole rings is 1. The van der Waals surface area contributed by atoms with Crippen molar-refractivity contribution in [3.8, 4) is 0 Å². The first-order valence-electron chi connectivity index (χ1n) is 6.43. The quantitative estimate of drug-likeness (QED) is 0.793. The van der Waals surface area contributed by atoms with Gasteiger partial charge in [0.2, 0.25) is 0 Å². The number of aromatic nitrogens is 2. The third kappa shape index (κ3) is 1.84. The first kappa shape index (κ1) is 10.8. The molecule has 3 nitrogen and oxygen atoms in total. The van der Waals surface area contributed by atoms with Gasteiger partial charge in [0.05, 0.1) is 11.0 Å². The van der Waals surface area contributed by atoms with Crippen molar-refractivity contribution in [3.05, 3.63) is 30.1 Å². The molecule has 0 atom stereocenters. The van der Waals surface area contributed by atoms with Crippen molar-refractivity contribution in [1.82, 2.24) is 9.55 Å². The van der Waals surface area contributed by atoms with E-state index in [1.807, 2.05) is 0 Å². The average molecular weight is 230 g/mol. The molecular weight excluding hydrogens is 212 g/mol. The van der Waals surface area contributed by atoms with E-state index in [0.717, 1.165) is 38.0 Å². The van der Waals surface area contributed by atoms with Gasteiger partial charge >= 0.3 is 0 Å². The Morgan fingerprint density at radius 3 is 2.82 bits per heavy atom. The summed E-state index contributed by atoms with van der Waals surface area (Å²) in [4.78, 5) is 4.73. The lowest BCUT2D eigenvalue weighted by Crippen LogP contribution is -2.21. The second-order valence-electron chi connectivity index (χ2n) is 4.58. The summed E-state index contributed by atoms with van der Waals surface area (Å²) in [7, 11) is 0. The van der Waals surface area contributed by atoms with Crippen LogP contribution in [0.1, 0.15) is 31.6 Å². The summed E-state index contributed by atoms with van der Waals surface area (Å²) in [5.41, 5.74) is 2.40. The van der Waals surface area contributed by atoms with Crippen LogP contribution in [0.5, 0.6) is 0 Å². The van der Waals surface area contributed by atoms with Crippen LogP contribution in [0.3, 0.4) is 0 Å². The Morgan fingerprint density at radius 1 is 1.29 bits per heavy atom. The standard InChI is InChI=1S/C14H18N2O/c1-2-14-15-12-5-3-4-6-13(12)16(14)11-7-9-17-10-8-11/h3-6,11H,2,7-10H2,1H3. The number of ether oxygens (including phenoxy) is 1. The lowest BCUT2D eigenvalue weighted by Gasteiger charge is -2.25. The molecule has 17 heavy (non-hydrogen) atoms. The van der Waals surface area contributed by atoms with E-state index in [4.69, 9.17) is 9.72 Å². The zero-order valence-electron chi connectivity index (χ0n) is 10.2. The molecule has 2 aromatic rings. The fourth-order valence-electron chi connectivity index (χ4n) is 2.69. The Bertz CT molecular complexity index is 512. The first-order chi connectivity index (χ1) is 8.40. The van der Waals surface area contributed by atoms with E-state index in [9.17, 15) is 0 Å². The molecule has 0 unspecified atom stereocenters. The van der Waals surface area contributed by atoms with E-state index in [0.29, 0.717) is 6.04 Å². The molecule has 0 saturated carbocycles. The summed E-state index contributed by atoms with van der Waals surface area (Å²) in [6, 6.07) is 9.00. The minimum Gasteiger partial charge on any atom is -0.381 e. The predicted molar refractivity (Wildman–Crippen MR) is 68.2 cm³/mol. The Balaban J connectivity index is 2.11.